The summed E-state index contributed by atoms with van der Waals surface area (Å²) in [5.41, 5.74) is 3.78. The van der Waals surface area contributed by atoms with Crippen LogP contribution < -0.4 is 15.2 Å². The summed E-state index contributed by atoms with van der Waals surface area (Å²) in [6.07, 6.45) is 1.75. The Balaban J connectivity index is 2.56. The lowest BCUT2D eigenvalue weighted by atomic mass is 10.1. The molecule has 0 bridgehead atoms. The Bertz CT molecular complexity index is 424. The second kappa shape index (κ2) is 3.14. The number of fused-ring (bicyclic) bond motifs is 1. The zero-order valence-corrected chi connectivity index (χ0v) is 7.78. The zero-order valence-electron chi connectivity index (χ0n) is 7.78. The second-order valence-corrected chi connectivity index (χ2v) is 3.15. The van der Waals surface area contributed by atoms with Crippen LogP contribution in [0.2, 0.25) is 0 Å². The molecule has 1 aliphatic rings. The summed E-state index contributed by atoms with van der Waals surface area (Å²) in [6.45, 7) is 1.71. The number of hydrogen-bond acceptors (Lipinski definition) is 3. The lowest BCUT2D eigenvalue weighted by Gasteiger charge is -2.20. The van der Waals surface area contributed by atoms with Crippen molar-refractivity contribution in [2.45, 2.75) is 6.92 Å². The SMILES string of the molecule is CC(=O)C1=C([O-])c2cccc[n+]2NC1. The molecule has 0 radical (unpaired) electrons. The first-order valence-electron chi connectivity index (χ1n) is 4.36. The third-order valence-corrected chi connectivity index (χ3v) is 2.22. The van der Waals surface area contributed by atoms with Gasteiger partial charge < -0.3 is 5.11 Å². The first-order chi connectivity index (χ1) is 6.70. The maximum absolute atomic E-state index is 11.7. The molecule has 0 spiro atoms. The number of ketones is 1. The number of rotatable bonds is 1. The van der Waals surface area contributed by atoms with Gasteiger partial charge in [-0.3, -0.25) is 4.79 Å². The number of carbonyl (C=O) groups is 1. The van der Waals surface area contributed by atoms with Crippen LogP contribution in [0.15, 0.2) is 30.0 Å². The Hall–Kier alpha value is -1.84. The Morgan fingerprint density at radius 2 is 2.36 bits per heavy atom. The molecule has 4 nitrogen and oxygen atoms in total. The topological polar surface area (TPSA) is 56.0 Å². The van der Waals surface area contributed by atoms with E-state index in [-0.39, 0.29) is 11.5 Å². The molecule has 2 rings (SSSR count). The number of nitrogens with one attached hydrogen (secondary N) is 1. The maximum atomic E-state index is 11.7. The summed E-state index contributed by atoms with van der Waals surface area (Å²) >= 11 is 0. The van der Waals surface area contributed by atoms with Crippen molar-refractivity contribution in [2.24, 2.45) is 0 Å². The van der Waals surface area contributed by atoms with E-state index < -0.39 is 0 Å². The quantitative estimate of drug-likeness (QED) is 0.589. The van der Waals surface area contributed by atoms with Crippen LogP contribution in [0.4, 0.5) is 0 Å². The fourth-order valence-corrected chi connectivity index (χ4v) is 1.45. The van der Waals surface area contributed by atoms with Crippen molar-refractivity contribution in [3.05, 3.63) is 35.7 Å². The number of nitrogens with zero attached hydrogens (tertiary/aromatic N) is 1. The molecule has 14 heavy (non-hydrogen) atoms. The lowest BCUT2D eigenvalue weighted by Crippen LogP contribution is -2.53. The van der Waals surface area contributed by atoms with Crippen molar-refractivity contribution < 1.29 is 14.6 Å². The van der Waals surface area contributed by atoms with E-state index in [0.29, 0.717) is 17.8 Å². The van der Waals surface area contributed by atoms with Crippen molar-refractivity contribution in [2.75, 3.05) is 12.0 Å². The Morgan fingerprint density at radius 1 is 1.57 bits per heavy atom. The van der Waals surface area contributed by atoms with Crippen LogP contribution in [0.3, 0.4) is 0 Å². The normalized spacial score (nSPS) is 14.6. The van der Waals surface area contributed by atoms with Gasteiger partial charge in [-0.2, -0.15) is 5.43 Å². The van der Waals surface area contributed by atoms with Gasteiger partial charge >= 0.3 is 0 Å². The van der Waals surface area contributed by atoms with Gasteiger partial charge in [0.1, 0.15) is 0 Å². The van der Waals surface area contributed by atoms with Gasteiger partial charge in [0, 0.05) is 17.7 Å². The number of carbonyl (C=O) groups excluding carboxylic acids is 1. The van der Waals surface area contributed by atoms with Gasteiger partial charge in [-0.15, -0.1) is 0 Å². The summed E-state index contributed by atoms with van der Waals surface area (Å²) in [6, 6.07) is 5.29. The minimum absolute atomic E-state index is 0.169. The molecule has 0 unspecified atom stereocenters. The molecule has 1 aromatic heterocycles. The van der Waals surface area contributed by atoms with Crippen LogP contribution in [0, 0.1) is 0 Å². The first-order valence-corrected chi connectivity index (χ1v) is 4.36. The van der Waals surface area contributed by atoms with E-state index in [1.54, 1.807) is 23.0 Å². The minimum Gasteiger partial charge on any atom is -0.868 e. The highest BCUT2D eigenvalue weighted by Crippen LogP contribution is 2.12. The minimum atomic E-state index is -0.183. The summed E-state index contributed by atoms with van der Waals surface area (Å²) < 4.78 is 1.63. The maximum Gasteiger partial charge on any atom is 0.227 e. The van der Waals surface area contributed by atoms with Gasteiger partial charge in [0.05, 0.1) is 6.54 Å². The number of pyridine rings is 1. The number of Topliss-reactive ketones (excluding diaryl/α,β-unsaturated/α-hetero) is 1. The molecule has 0 amide bonds. The largest absolute Gasteiger partial charge is 0.868 e. The summed E-state index contributed by atoms with van der Waals surface area (Å²) in [7, 11) is 0. The molecule has 0 saturated heterocycles. The predicted octanol–water partition coefficient (Wildman–Crippen LogP) is -0.808. The van der Waals surface area contributed by atoms with E-state index in [4.69, 9.17) is 0 Å². The molecule has 1 aliphatic heterocycles. The van der Waals surface area contributed by atoms with Gasteiger partial charge in [0.2, 0.25) is 5.69 Å². The highest BCUT2D eigenvalue weighted by molar-refractivity contribution is 5.99. The van der Waals surface area contributed by atoms with Gasteiger partial charge in [0.25, 0.3) is 0 Å². The Morgan fingerprint density at radius 3 is 3.07 bits per heavy atom. The lowest BCUT2D eigenvalue weighted by molar-refractivity contribution is -0.657. The van der Waals surface area contributed by atoms with E-state index in [9.17, 15) is 9.90 Å². The standard InChI is InChI=1S/C10H10N2O2/c1-7(13)8-6-11-12-5-3-2-4-9(12)10(8)14/h2-5H,6H2,1H3,(H-,11,13,14). The summed E-state index contributed by atoms with van der Waals surface area (Å²) in [5, 5.41) is 11.7. The molecule has 0 fully saturated rings. The number of hydrogen-bond donors (Lipinski definition) is 1. The van der Waals surface area contributed by atoms with Gasteiger partial charge in [-0.1, -0.05) is 4.68 Å². The van der Waals surface area contributed by atoms with Crippen LogP contribution in [0.25, 0.3) is 5.76 Å². The number of aromatic nitrogens is 1. The van der Waals surface area contributed by atoms with E-state index >= 15 is 0 Å². The van der Waals surface area contributed by atoms with Crippen molar-refractivity contribution in [3.63, 3.8) is 0 Å². The molecular formula is C10H10N2O2. The molecule has 0 saturated carbocycles. The first kappa shape index (κ1) is 8.74. The van der Waals surface area contributed by atoms with E-state index in [1.807, 2.05) is 6.07 Å². The van der Waals surface area contributed by atoms with Crippen molar-refractivity contribution in [1.82, 2.24) is 0 Å². The molecule has 2 heterocycles. The van der Waals surface area contributed by atoms with Gasteiger partial charge in [-0.05, 0) is 18.7 Å². The second-order valence-electron chi connectivity index (χ2n) is 3.15. The highest BCUT2D eigenvalue weighted by Gasteiger charge is 2.20. The van der Waals surface area contributed by atoms with Gasteiger partial charge in [0.15, 0.2) is 12.0 Å². The summed E-state index contributed by atoms with van der Waals surface area (Å²) in [5.74, 6) is -0.352. The van der Waals surface area contributed by atoms with Crippen molar-refractivity contribution >= 4 is 11.5 Å². The molecule has 72 valence electrons. The van der Waals surface area contributed by atoms with E-state index in [2.05, 4.69) is 5.43 Å². The predicted molar refractivity (Wildman–Crippen MR) is 48.5 cm³/mol. The fourth-order valence-electron chi connectivity index (χ4n) is 1.45. The highest BCUT2D eigenvalue weighted by atomic mass is 16.3. The Kier molecular flexibility index (Phi) is 1.96. The molecule has 1 N–H and O–H groups in total. The smallest absolute Gasteiger partial charge is 0.227 e. The van der Waals surface area contributed by atoms with Crippen LogP contribution in [0.1, 0.15) is 12.6 Å². The monoisotopic (exact) mass is 190 g/mol. The third kappa shape index (κ3) is 1.25. The molecule has 0 atom stereocenters. The summed E-state index contributed by atoms with van der Waals surface area (Å²) in [4.78, 5) is 11.1. The molecule has 0 aliphatic carbocycles. The van der Waals surface area contributed by atoms with Crippen molar-refractivity contribution in [3.8, 4) is 0 Å². The van der Waals surface area contributed by atoms with Crippen LogP contribution in [-0.2, 0) is 4.79 Å². The average molecular weight is 190 g/mol. The molecule has 0 aromatic carbocycles. The average Bonchev–Trinajstić information content (AvgIpc) is 2.18. The van der Waals surface area contributed by atoms with Crippen molar-refractivity contribution in [1.29, 1.82) is 0 Å². The van der Waals surface area contributed by atoms with Crippen LogP contribution in [0.5, 0.6) is 0 Å². The fraction of sp³-hybridized carbons (Fsp3) is 0.200. The Labute approximate surface area is 81.5 Å². The third-order valence-electron chi connectivity index (χ3n) is 2.22. The van der Waals surface area contributed by atoms with E-state index in [0.717, 1.165) is 0 Å². The molecule has 1 aromatic rings. The van der Waals surface area contributed by atoms with Crippen LogP contribution in [-0.4, -0.2) is 12.3 Å². The molecular weight excluding hydrogens is 180 g/mol. The van der Waals surface area contributed by atoms with E-state index in [1.165, 1.54) is 6.92 Å². The molecule has 4 heteroatoms. The van der Waals surface area contributed by atoms with Gasteiger partial charge in [-0.25, -0.2) is 0 Å². The van der Waals surface area contributed by atoms with Crippen LogP contribution >= 0.6 is 0 Å². The zero-order chi connectivity index (χ0) is 10.1.